The van der Waals surface area contributed by atoms with Crippen molar-refractivity contribution in [3.63, 3.8) is 0 Å². The Hall–Kier alpha value is -0.800. The van der Waals surface area contributed by atoms with Crippen molar-refractivity contribution in [1.82, 2.24) is 4.90 Å². The second kappa shape index (κ2) is 5.02. The highest BCUT2D eigenvalue weighted by Gasteiger charge is 2.21. The number of rotatable bonds is 3. The van der Waals surface area contributed by atoms with Crippen LogP contribution < -0.4 is 0 Å². The zero-order chi connectivity index (χ0) is 11.5. The average Bonchev–Trinajstić information content (AvgIpc) is 2.78. The molecule has 1 saturated heterocycles. The Morgan fingerprint density at radius 2 is 2.06 bits per heavy atom. The van der Waals surface area contributed by atoms with E-state index in [1.54, 1.807) is 6.07 Å². The van der Waals surface area contributed by atoms with E-state index in [0.29, 0.717) is 0 Å². The Labute approximate surface area is 100 Å². The van der Waals surface area contributed by atoms with Gasteiger partial charge in [0.05, 0.1) is 6.04 Å². The number of carbonyl (C=O) groups is 1. The van der Waals surface area contributed by atoms with Gasteiger partial charge in [-0.2, -0.15) is 0 Å². The zero-order valence-electron chi connectivity index (χ0n) is 9.41. The van der Waals surface area contributed by atoms with Crippen molar-refractivity contribution in [2.45, 2.75) is 32.2 Å². The molecular formula is C12H16ClNO2. The van der Waals surface area contributed by atoms with Crippen LogP contribution in [0.2, 0.25) is 0 Å². The zero-order valence-corrected chi connectivity index (χ0v) is 10.2. The van der Waals surface area contributed by atoms with Crippen molar-refractivity contribution in [2.75, 3.05) is 13.1 Å². The van der Waals surface area contributed by atoms with E-state index >= 15 is 0 Å². The van der Waals surface area contributed by atoms with Crippen molar-refractivity contribution in [3.05, 3.63) is 23.7 Å². The lowest BCUT2D eigenvalue weighted by Crippen LogP contribution is -2.32. The second-order valence-electron chi connectivity index (χ2n) is 4.25. The minimum atomic E-state index is -0.530. The highest BCUT2D eigenvalue weighted by Crippen LogP contribution is 2.25. The van der Waals surface area contributed by atoms with Gasteiger partial charge in [0, 0.05) is 0 Å². The predicted octanol–water partition coefficient (Wildman–Crippen LogP) is 3.21. The molecule has 1 aliphatic rings. The highest BCUT2D eigenvalue weighted by atomic mass is 35.5. The molecule has 0 aliphatic carbocycles. The van der Waals surface area contributed by atoms with E-state index in [4.69, 9.17) is 16.0 Å². The van der Waals surface area contributed by atoms with Gasteiger partial charge < -0.3 is 4.42 Å². The van der Waals surface area contributed by atoms with Crippen LogP contribution in [0.1, 0.15) is 48.5 Å². The molecule has 0 spiro atoms. The first-order chi connectivity index (χ1) is 7.68. The maximum atomic E-state index is 10.9. The van der Waals surface area contributed by atoms with E-state index in [9.17, 15) is 4.79 Å². The van der Waals surface area contributed by atoms with Crippen molar-refractivity contribution in [2.24, 2.45) is 0 Å². The second-order valence-corrected chi connectivity index (χ2v) is 4.59. The van der Waals surface area contributed by atoms with E-state index in [1.807, 2.05) is 6.07 Å². The number of likely N-dealkylation sites (tertiary alicyclic amines) is 1. The summed E-state index contributed by atoms with van der Waals surface area (Å²) in [7, 11) is 0. The van der Waals surface area contributed by atoms with Gasteiger partial charge in [-0.25, -0.2) is 0 Å². The fraction of sp³-hybridized carbons (Fsp3) is 0.583. The summed E-state index contributed by atoms with van der Waals surface area (Å²) in [4.78, 5) is 13.3. The van der Waals surface area contributed by atoms with Crippen molar-refractivity contribution in [3.8, 4) is 0 Å². The first kappa shape index (κ1) is 11.7. The van der Waals surface area contributed by atoms with E-state index in [1.165, 1.54) is 19.3 Å². The number of hydrogen-bond acceptors (Lipinski definition) is 3. The van der Waals surface area contributed by atoms with Crippen molar-refractivity contribution in [1.29, 1.82) is 0 Å². The maximum Gasteiger partial charge on any atom is 0.287 e. The van der Waals surface area contributed by atoms with Crippen molar-refractivity contribution >= 4 is 16.8 Å². The summed E-state index contributed by atoms with van der Waals surface area (Å²) in [6, 6.07) is 3.71. The summed E-state index contributed by atoms with van der Waals surface area (Å²) in [5, 5.41) is -0.530. The van der Waals surface area contributed by atoms with Gasteiger partial charge in [0.15, 0.2) is 5.76 Å². The molecule has 1 aromatic rings. The largest absolute Gasteiger partial charge is 0.455 e. The molecule has 3 nitrogen and oxygen atoms in total. The van der Waals surface area contributed by atoms with Crippen molar-refractivity contribution < 1.29 is 9.21 Å². The number of carbonyl (C=O) groups excluding carboxylic acids is 1. The van der Waals surface area contributed by atoms with Gasteiger partial charge >= 0.3 is 0 Å². The summed E-state index contributed by atoms with van der Waals surface area (Å²) in [6.45, 7) is 4.31. The molecule has 16 heavy (non-hydrogen) atoms. The molecule has 1 aromatic heterocycles. The van der Waals surface area contributed by atoms with Gasteiger partial charge in [-0.1, -0.05) is 6.42 Å². The van der Waals surface area contributed by atoms with Gasteiger partial charge in [-0.15, -0.1) is 0 Å². The third kappa shape index (κ3) is 2.47. The number of halogens is 1. The van der Waals surface area contributed by atoms with Crippen LogP contribution in [0.3, 0.4) is 0 Å². The molecule has 1 atom stereocenters. The Morgan fingerprint density at radius 1 is 1.38 bits per heavy atom. The molecule has 1 aliphatic heterocycles. The molecule has 2 rings (SSSR count). The quantitative estimate of drug-likeness (QED) is 0.762. The third-order valence-corrected chi connectivity index (χ3v) is 3.36. The SMILES string of the molecule is CC(c1ccc(C(=O)Cl)o1)N1CCCCC1. The molecular weight excluding hydrogens is 226 g/mol. The van der Waals surface area contributed by atoms with Crippen LogP contribution in [0.25, 0.3) is 0 Å². The fourth-order valence-electron chi connectivity index (χ4n) is 2.17. The topological polar surface area (TPSA) is 33.5 Å². The summed E-state index contributed by atoms with van der Waals surface area (Å²) >= 11 is 5.36. The Bertz CT molecular complexity index is 369. The summed E-state index contributed by atoms with van der Waals surface area (Å²) < 4.78 is 5.44. The van der Waals surface area contributed by atoms with Gasteiger partial charge in [0.1, 0.15) is 5.76 Å². The number of piperidine rings is 1. The summed E-state index contributed by atoms with van der Waals surface area (Å²) in [5.41, 5.74) is 0. The standard InChI is InChI=1S/C12H16ClNO2/c1-9(14-7-3-2-4-8-14)10-5-6-11(16-10)12(13)15/h5-6,9H,2-4,7-8H2,1H3. The van der Waals surface area contributed by atoms with Gasteiger partial charge in [0.25, 0.3) is 5.24 Å². The normalized spacial score (nSPS) is 19.6. The summed E-state index contributed by atoms with van der Waals surface area (Å²) in [5.74, 6) is 1.06. The molecule has 4 heteroatoms. The van der Waals surface area contributed by atoms with Gasteiger partial charge in [-0.3, -0.25) is 9.69 Å². The first-order valence-corrected chi connectivity index (χ1v) is 6.10. The van der Waals surface area contributed by atoms with Crippen LogP contribution in [0.4, 0.5) is 0 Å². The van der Waals surface area contributed by atoms with Crippen LogP contribution in [0.15, 0.2) is 16.5 Å². The molecule has 0 bridgehead atoms. The predicted molar refractivity (Wildman–Crippen MR) is 62.7 cm³/mol. The first-order valence-electron chi connectivity index (χ1n) is 5.72. The molecule has 0 N–H and O–H groups in total. The van der Waals surface area contributed by atoms with Crippen LogP contribution in [0.5, 0.6) is 0 Å². The molecule has 1 unspecified atom stereocenters. The molecule has 2 heterocycles. The van der Waals surface area contributed by atoms with E-state index < -0.39 is 5.24 Å². The molecule has 1 fully saturated rings. The van der Waals surface area contributed by atoms with Gasteiger partial charge in [0.2, 0.25) is 0 Å². The number of nitrogens with zero attached hydrogens (tertiary/aromatic N) is 1. The molecule has 0 aromatic carbocycles. The lowest BCUT2D eigenvalue weighted by atomic mass is 10.1. The third-order valence-electron chi connectivity index (χ3n) is 3.17. The molecule has 0 amide bonds. The van der Waals surface area contributed by atoms with Crippen LogP contribution in [0, 0.1) is 0 Å². The average molecular weight is 242 g/mol. The van der Waals surface area contributed by atoms with E-state index in [0.717, 1.165) is 18.8 Å². The van der Waals surface area contributed by atoms with E-state index in [2.05, 4.69) is 11.8 Å². The fourth-order valence-corrected chi connectivity index (χ4v) is 2.27. The van der Waals surface area contributed by atoms with Crippen LogP contribution >= 0.6 is 11.6 Å². The molecule has 0 saturated carbocycles. The van der Waals surface area contributed by atoms with Crippen LogP contribution in [-0.4, -0.2) is 23.2 Å². The number of hydrogen-bond donors (Lipinski definition) is 0. The summed E-state index contributed by atoms with van der Waals surface area (Å²) in [6.07, 6.45) is 3.80. The van der Waals surface area contributed by atoms with Gasteiger partial charge in [-0.05, 0) is 56.6 Å². The smallest absolute Gasteiger partial charge is 0.287 e. The number of furan rings is 1. The van der Waals surface area contributed by atoms with Crippen LogP contribution in [-0.2, 0) is 0 Å². The lowest BCUT2D eigenvalue weighted by molar-refractivity contribution is 0.104. The molecule has 0 radical (unpaired) electrons. The maximum absolute atomic E-state index is 10.9. The lowest BCUT2D eigenvalue weighted by Gasteiger charge is -2.31. The molecule has 88 valence electrons. The Kier molecular flexibility index (Phi) is 3.66. The highest BCUT2D eigenvalue weighted by molar-refractivity contribution is 6.67. The monoisotopic (exact) mass is 241 g/mol. The Balaban J connectivity index is 2.07. The van der Waals surface area contributed by atoms with E-state index in [-0.39, 0.29) is 11.8 Å². The minimum absolute atomic E-state index is 0.227. The minimum Gasteiger partial charge on any atom is -0.455 e. The Morgan fingerprint density at radius 3 is 2.62 bits per heavy atom.